The van der Waals surface area contributed by atoms with Crippen LogP contribution in [0.3, 0.4) is 0 Å². The van der Waals surface area contributed by atoms with Gasteiger partial charge in [0.05, 0.1) is 33.6 Å². The lowest BCUT2D eigenvalue weighted by atomic mass is 10.2. The van der Waals surface area contributed by atoms with E-state index in [2.05, 4.69) is 0 Å². The van der Waals surface area contributed by atoms with Gasteiger partial charge in [-0.05, 0) is 6.42 Å². The van der Waals surface area contributed by atoms with E-state index < -0.39 is 18.0 Å². The maximum absolute atomic E-state index is 11.7. The number of hydrogen-bond acceptors (Lipinski definition) is 4. The number of quaternary nitrogens is 1. The third kappa shape index (κ3) is 11.7. The molecule has 0 aliphatic heterocycles. The van der Waals surface area contributed by atoms with Crippen molar-refractivity contribution in [1.82, 2.24) is 0 Å². The highest BCUT2D eigenvalue weighted by Crippen LogP contribution is 2.07. The van der Waals surface area contributed by atoms with E-state index in [-0.39, 0.29) is 18.6 Å². The maximum Gasteiger partial charge on any atom is 0.334 e. The van der Waals surface area contributed by atoms with Crippen LogP contribution < -0.4 is 0 Å². The number of carbonyl (C=O) groups excluding carboxylic acids is 1. The molecule has 21 heavy (non-hydrogen) atoms. The number of carboxylic acid groups (broad SMARTS) is 1. The number of esters is 1. The number of aliphatic hydroxyl groups excluding tert-OH is 1. The summed E-state index contributed by atoms with van der Waals surface area (Å²) in [6.45, 7) is 2.34. The molecule has 0 fully saturated rings. The molecule has 0 saturated heterocycles. The van der Waals surface area contributed by atoms with Crippen LogP contribution in [0.2, 0.25) is 0 Å². The monoisotopic (exact) mass is 300 g/mol. The molecule has 0 aromatic heterocycles. The predicted octanol–water partition coefficient (Wildman–Crippen LogP) is 1.88. The molecule has 0 rings (SSSR count). The minimum absolute atomic E-state index is 0.107. The van der Waals surface area contributed by atoms with Crippen LogP contribution in [-0.2, 0) is 14.3 Å². The highest BCUT2D eigenvalue weighted by atomic mass is 16.5. The summed E-state index contributed by atoms with van der Waals surface area (Å²) in [5, 5.41) is 18.4. The molecule has 0 amide bonds. The highest BCUT2D eigenvalue weighted by Gasteiger charge is 2.24. The molecule has 1 unspecified atom stereocenters. The van der Waals surface area contributed by atoms with Gasteiger partial charge in [-0.1, -0.05) is 19.1 Å². The molecule has 0 aliphatic carbocycles. The van der Waals surface area contributed by atoms with Crippen molar-refractivity contribution in [1.29, 1.82) is 0 Å². The van der Waals surface area contributed by atoms with Gasteiger partial charge in [-0.3, -0.25) is 4.79 Å². The summed E-state index contributed by atoms with van der Waals surface area (Å²) in [5.41, 5.74) is 0. The number of ether oxygens (including phenoxy) is 1. The summed E-state index contributed by atoms with van der Waals surface area (Å²) in [6, 6.07) is 0. The van der Waals surface area contributed by atoms with Gasteiger partial charge in [0.1, 0.15) is 12.3 Å². The Bertz CT molecular complexity index is 407. The molecule has 1 atom stereocenters. The number of allylic oxidation sites excluding steroid dienone is 2. The molecule has 0 aromatic carbocycles. The zero-order valence-electron chi connectivity index (χ0n) is 13.2. The third-order valence-electron chi connectivity index (χ3n) is 2.45. The summed E-state index contributed by atoms with van der Waals surface area (Å²) in [5.74, 6) is -1.86. The highest BCUT2D eigenvalue weighted by molar-refractivity contribution is 5.82. The minimum atomic E-state index is -1.03. The first kappa shape index (κ1) is 19.2. The van der Waals surface area contributed by atoms with Gasteiger partial charge in [-0.25, -0.2) is 4.79 Å². The van der Waals surface area contributed by atoms with Crippen LogP contribution in [0.1, 0.15) is 26.2 Å². The van der Waals surface area contributed by atoms with E-state index in [1.165, 1.54) is 0 Å². The molecule has 0 spiro atoms. The molecule has 0 aromatic rings. The number of likely N-dealkylation sites (N-methyl/N-ethyl adjacent to an activating group) is 1. The van der Waals surface area contributed by atoms with E-state index in [0.29, 0.717) is 11.0 Å². The Morgan fingerprint density at radius 2 is 1.81 bits per heavy atom. The van der Waals surface area contributed by atoms with Crippen molar-refractivity contribution >= 4 is 11.9 Å². The van der Waals surface area contributed by atoms with E-state index in [9.17, 15) is 14.7 Å². The molecule has 0 radical (unpaired) electrons. The number of nitrogens with zero attached hydrogens (tertiary/aromatic N) is 1. The summed E-state index contributed by atoms with van der Waals surface area (Å²) in [4.78, 5) is 22.5. The third-order valence-corrected chi connectivity index (χ3v) is 2.45. The number of carbonyl (C=O) groups is 2. The van der Waals surface area contributed by atoms with Gasteiger partial charge in [-0.15, -0.1) is 0 Å². The molecule has 0 saturated carbocycles. The predicted molar refractivity (Wildman–Crippen MR) is 79.8 cm³/mol. The standard InChI is InChI=1S/C15H25NO5/c1-5-6-7-8-12(17)9-15(20)21-13(10-14(18)19)11-16(2,3)4/h6-7,9,13H,5,8,10-11H2,1-4H3,(H-,17,18,19,20)/p+1/b7-6+. The Kier molecular flexibility index (Phi) is 8.38. The Labute approximate surface area is 125 Å². The summed E-state index contributed by atoms with van der Waals surface area (Å²) in [6.07, 6.45) is 4.73. The van der Waals surface area contributed by atoms with Gasteiger partial charge in [0, 0.05) is 6.42 Å². The van der Waals surface area contributed by atoms with Gasteiger partial charge in [-0.2, -0.15) is 0 Å². The quantitative estimate of drug-likeness (QED) is 0.223. The second kappa shape index (κ2) is 9.18. The molecule has 0 aliphatic rings. The van der Waals surface area contributed by atoms with E-state index >= 15 is 0 Å². The van der Waals surface area contributed by atoms with Gasteiger partial charge in [0.25, 0.3) is 0 Å². The number of carboxylic acids is 1. The lowest BCUT2D eigenvalue weighted by Crippen LogP contribution is -2.43. The van der Waals surface area contributed by atoms with Crippen molar-refractivity contribution in [2.45, 2.75) is 32.3 Å². The first-order valence-electron chi connectivity index (χ1n) is 6.91. The first-order chi connectivity index (χ1) is 9.64. The van der Waals surface area contributed by atoms with Gasteiger partial charge >= 0.3 is 11.9 Å². The molecular weight excluding hydrogens is 274 g/mol. The fourth-order valence-electron chi connectivity index (χ4n) is 1.71. The number of hydrogen-bond donors (Lipinski definition) is 2. The normalized spacial score (nSPS) is 14.2. The molecule has 0 bridgehead atoms. The minimum Gasteiger partial charge on any atom is -0.512 e. The van der Waals surface area contributed by atoms with Crippen molar-refractivity contribution in [3.05, 3.63) is 24.0 Å². The zero-order valence-corrected chi connectivity index (χ0v) is 13.2. The molecule has 2 N–H and O–H groups in total. The van der Waals surface area contributed by atoms with Gasteiger partial charge in [0.15, 0.2) is 6.10 Å². The van der Waals surface area contributed by atoms with E-state index in [4.69, 9.17) is 9.84 Å². The molecule has 6 nitrogen and oxygen atoms in total. The van der Waals surface area contributed by atoms with Gasteiger partial charge < -0.3 is 19.4 Å². The Morgan fingerprint density at radius 3 is 2.29 bits per heavy atom. The summed E-state index contributed by atoms with van der Waals surface area (Å²) in [7, 11) is 5.64. The smallest absolute Gasteiger partial charge is 0.334 e. The maximum atomic E-state index is 11.7. The Morgan fingerprint density at radius 1 is 1.19 bits per heavy atom. The topological polar surface area (TPSA) is 83.8 Å². The number of rotatable bonds is 9. The lowest BCUT2D eigenvalue weighted by Gasteiger charge is -2.28. The molecule has 120 valence electrons. The van der Waals surface area contributed by atoms with Gasteiger partial charge in [0.2, 0.25) is 0 Å². The lowest BCUT2D eigenvalue weighted by molar-refractivity contribution is -0.873. The Balaban J connectivity index is 4.61. The van der Waals surface area contributed by atoms with Crippen LogP contribution in [0.5, 0.6) is 0 Å². The van der Waals surface area contributed by atoms with E-state index in [0.717, 1.165) is 12.5 Å². The van der Waals surface area contributed by atoms with Crippen molar-refractivity contribution in [3.63, 3.8) is 0 Å². The second-order valence-electron chi connectivity index (χ2n) is 5.85. The number of aliphatic carboxylic acids is 1. The van der Waals surface area contributed by atoms with Crippen LogP contribution >= 0.6 is 0 Å². The molecule has 6 heteroatoms. The largest absolute Gasteiger partial charge is 0.512 e. The summed E-state index contributed by atoms with van der Waals surface area (Å²) >= 11 is 0. The first-order valence-corrected chi connectivity index (χ1v) is 6.91. The van der Waals surface area contributed by atoms with Crippen LogP contribution in [0.4, 0.5) is 0 Å². The SMILES string of the molecule is CC/C=C/C/C(O)=C/C(=O)OC(CC(=O)O)C[N+](C)(C)C. The van der Waals surface area contributed by atoms with Crippen molar-refractivity contribution in [2.75, 3.05) is 27.7 Å². The van der Waals surface area contributed by atoms with Crippen LogP contribution in [0.25, 0.3) is 0 Å². The van der Waals surface area contributed by atoms with Crippen LogP contribution in [-0.4, -0.2) is 60.4 Å². The van der Waals surface area contributed by atoms with Crippen molar-refractivity contribution < 1.29 is 29.0 Å². The fraction of sp³-hybridized carbons (Fsp3) is 0.600. The molecule has 0 heterocycles. The van der Waals surface area contributed by atoms with Crippen LogP contribution in [0.15, 0.2) is 24.0 Å². The average molecular weight is 300 g/mol. The second-order valence-corrected chi connectivity index (χ2v) is 5.85. The van der Waals surface area contributed by atoms with E-state index in [1.54, 1.807) is 6.08 Å². The Hall–Kier alpha value is -1.82. The van der Waals surface area contributed by atoms with Crippen molar-refractivity contribution in [3.8, 4) is 0 Å². The summed E-state index contributed by atoms with van der Waals surface area (Å²) < 4.78 is 5.59. The zero-order chi connectivity index (χ0) is 16.5. The average Bonchev–Trinajstić information content (AvgIpc) is 2.25. The van der Waals surface area contributed by atoms with E-state index in [1.807, 2.05) is 34.1 Å². The van der Waals surface area contributed by atoms with Crippen LogP contribution in [0, 0.1) is 0 Å². The fourth-order valence-corrected chi connectivity index (χ4v) is 1.71. The molecular formula is C15H26NO5+. The van der Waals surface area contributed by atoms with Crippen molar-refractivity contribution in [2.24, 2.45) is 0 Å². The number of aliphatic hydroxyl groups is 1.